The third-order valence-electron chi connectivity index (χ3n) is 2.94. The second-order valence-corrected chi connectivity index (χ2v) is 4.18. The van der Waals surface area contributed by atoms with E-state index in [1.54, 1.807) is 5.56 Å². The molecule has 0 spiro atoms. The zero-order chi connectivity index (χ0) is 9.42. The van der Waals surface area contributed by atoms with Crippen LogP contribution in [0.15, 0.2) is 12.1 Å². The molecule has 0 radical (unpaired) electrons. The van der Waals surface area contributed by atoms with E-state index in [-0.39, 0.29) is 0 Å². The van der Waals surface area contributed by atoms with Gasteiger partial charge in [0, 0.05) is 13.1 Å². The van der Waals surface area contributed by atoms with Crippen LogP contribution in [-0.2, 0) is 6.54 Å². The van der Waals surface area contributed by atoms with Crippen LogP contribution in [0, 0.1) is 13.8 Å². The molecule has 1 heterocycles. The number of fused-ring (bicyclic) bond motifs is 1. The zero-order valence-corrected chi connectivity index (χ0v) is 8.65. The largest absolute Gasteiger partial charge is 0.312 e. The van der Waals surface area contributed by atoms with Crippen molar-refractivity contribution in [2.24, 2.45) is 0 Å². The minimum absolute atomic E-state index is 0.669. The highest BCUT2D eigenvalue weighted by Gasteiger charge is 2.17. The van der Waals surface area contributed by atoms with Gasteiger partial charge in [-0.1, -0.05) is 24.6 Å². The van der Waals surface area contributed by atoms with Crippen molar-refractivity contribution in [3.8, 4) is 0 Å². The molecule has 1 aromatic rings. The number of hydrogen-bond acceptors (Lipinski definition) is 1. The number of benzene rings is 1. The maximum absolute atomic E-state index is 3.45. The van der Waals surface area contributed by atoms with Crippen LogP contribution in [0.5, 0.6) is 0 Å². The topological polar surface area (TPSA) is 12.0 Å². The quantitative estimate of drug-likeness (QED) is 0.639. The van der Waals surface area contributed by atoms with Crippen molar-refractivity contribution < 1.29 is 0 Å². The van der Waals surface area contributed by atoms with Gasteiger partial charge in [-0.3, -0.25) is 0 Å². The van der Waals surface area contributed by atoms with Gasteiger partial charge in [0.1, 0.15) is 0 Å². The second-order valence-electron chi connectivity index (χ2n) is 4.18. The Morgan fingerprint density at radius 3 is 2.85 bits per heavy atom. The number of rotatable bonds is 0. The Morgan fingerprint density at radius 2 is 2.08 bits per heavy atom. The Morgan fingerprint density at radius 1 is 1.31 bits per heavy atom. The Balaban J connectivity index is 2.56. The van der Waals surface area contributed by atoms with E-state index in [1.807, 2.05) is 0 Å². The first-order valence-electron chi connectivity index (χ1n) is 4.99. The summed E-state index contributed by atoms with van der Waals surface area (Å²) in [6.45, 7) is 8.86. The summed E-state index contributed by atoms with van der Waals surface area (Å²) >= 11 is 0. The van der Waals surface area contributed by atoms with Gasteiger partial charge in [0.15, 0.2) is 0 Å². The van der Waals surface area contributed by atoms with Crippen LogP contribution in [0.1, 0.15) is 35.1 Å². The molecule has 0 aliphatic carbocycles. The molecule has 0 fully saturated rings. The summed E-state index contributed by atoms with van der Waals surface area (Å²) in [6.07, 6.45) is 0. The molecule has 13 heavy (non-hydrogen) atoms. The molecule has 1 N–H and O–H groups in total. The molecule has 1 aromatic carbocycles. The summed E-state index contributed by atoms with van der Waals surface area (Å²) in [7, 11) is 0. The molecule has 1 atom stereocenters. The van der Waals surface area contributed by atoms with Gasteiger partial charge in [-0.15, -0.1) is 0 Å². The lowest BCUT2D eigenvalue weighted by molar-refractivity contribution is 0.568. The molecule has 1 aliphatic heterocycles. The fraction of sp³-hybridized carbons (Fsp3) is 0.500. The first-order chi connectivity index (χ1) is 6.18. The first-order valence-corrected chi connectivity index (χ1v) is 4.99. The highest BCUT2D eigenvalue weighted by Crippen LogP contribution is 2.27. The molecule has 0 aromatic heterocycles. The van der Waals surface area contributed by atoms with Crippen LogP contribution in [0.4, 0.5) is 0 Å². The van der Waals surface area contributed by atoms with Crippen LogP contribution in [0.25, 0.3) is 0 Å². The maximum atomic E-state index is 3.45. The summed E-state index contributed by atoms with van der Waals surface area (Å²) in [5.74, 6) is 0.669. The predicted octanol–water partition coefficient (Wildman–Crippen LogP) is 2.51. The molecule has 2 rings (SSSR count). The molecule has 0 bridgehead atoms. The maximum Gasteiger partial charge on any atom is 0.0211 e. The molecule has 1 aliphatic rings. The van der Waals surface area contributed by atoms with Gasteiger partial charge in [0.2, 0.25) is 0 Å². The molecule has 1 nitrogen and oxygen atoms in total. The lowest BCUT2D eigenvalue weighted by Crippen LogP contribution is -2.27. The molecular weight excluding hydrogens is 158 g/mol. The Labute approximate surface area is 80.2 Å². The average Bonchev–Trinajstić information content (AvgIpc) is 2.07. The molecule has 1 heteroatoms. The van der Waals surface area contributed by atoms with Gasteiger partial charge < -0.3 is 5.32 Å². The summed E-state index contributed by atoms with van der Waals surface area (Å²) < 4.78 is 0. The van der Waals surface area contributed by atoms with E-state index >= 15 is 0 Å². The van der Waals surface area contributed by atoms with Crippen molar-refractivity contribution in [1.29, 1.82) is 0 Å². The molecular formula is C12H17N. The highest BCUT2D eigenvalue weighted by molar-refractivity contribution is 5.41. The number of hydrogen-bond donors (Lipinski definition) is 1. The van der Waals surface area contributed by atoms with E-state index in [0.717, 1.165) is 13.1 Å². The summed E-state index contributed by atoms with van der Waals surface area (Å²) in [6, 6.07) is 4.62. The fourth-order valence-corrected chi connectivity index (χ4v) is 2.24. The van der Waals surface area contributed by atoms with Crippen LogP contribution in [0.3, 0.4) is 0 Å². The van der Waals surface area contributed by atoms with Crippen LogP contribution in [-0.4, -0.2) is 6.54 Å². The normalized spacial score (nSPS) is 21.3. The van der Waals surface area contributed by atoms with Crippen LogP contribution < -0.4 is 5.32 Å². The van der Waals surface area contributed by atoms with Crippen molar-refractivity contribution in [3.63, 3.8) is 0 Å². The summed E-state index contributed by atoms with van der Waals surface area (Å²) in [5, 5.41) is 3.45. The second kappa shape index (κ2) is 3.15. The molecule has 0 saturated heterocycles. The first kappa shape index (κ1) is 8.76. The van der Waals surface area contributed by atoms with Gasteiger partial charge in [0.25, 0.3) is 0 Å². The lowest BCUT2D eigenvalue weighted by Gasteiger charge is -2.25. The van der Waals surface area contributed by atoms with E-state index in [4.69, 9.17) is 0 Å². The Bertz CT molecular complexity index is 328. The minimum Gasteiger partial charge on any atom is -0.312 e. The van der Waals surface area contributed by atoms with E-state index in [9.17, 15) is 0 Å². The van der Waals surface area contributed by atoms with Gasteiger partial charge in [-0.2, -0.15) is 0 Å². The van der Waals surface area contributed by atoms with Crippen molar-refractivity contribution in [1.82, 2.24) is 5.32 Å². The van der Waals surface area contributed by atoms with Crippen LogP contribution in [0.2, 0.25) is 0 Å². The standard InChI is InChI=1S/C12H17N/c1-8-4-9(2)12-7-13-6-10(3)11(12)5-8/h4-5,10,13H,6-7H2,1-3H3. The van der Waals surface area contributed by atoms with Gasteiger partial charge >= 0.3 is 0 Å². The van der Waals surface area contributed by atoms with Crippen molar-refractivity contribution >= 4 is 0 Å². The van der Waals surface area contributed by atoms with E-state index in [1.165, 1.54) is 16.7 Å². The Kier molecular flexibility index (Phi) is 2.12. The molecule has 1 unspecified atom stereocenters. The van der Waals surface area contributed by atoms with Crippen LogP contribution >= 0.6 is 0 Å². The number of nitrogens with one attached hydrogen (secondary N) is 1. The molecule has 70 valence electrons. The summed E-state index contributed by atoms with van der Waals surface area (Å²) in [5.41, 5.74) is 5.90. The van der Waals surface area contributed by atoms with Gasteiger partial charge in [0.05, 0.1) is 0 Å². The SMILES string of the molecule is Cc1cc(C)c2c(c1)C(C)CNC2. The third-order valence-corrected chi connectivity index (χ3v) is 2.94. The van der Waals surface area contributed by atoms with Crippen molar-refractivity contribution in [2.45, 2.75) is 33.2 Å². The third kappa shape index (κ3) is 1.49. The zero-order valence-electron chi connectivity index (χ0n) is 8.65. The monoisotopic (exact) mass is 175 g/mol. The molecule has 0 amide bonds. The smallest absolute Gasteiger partial charge is 0.0211 e. The highest BCUT2D eigenvalue weighted by atomic mass is 14.9. The van der Waals surface area contributed by atoms with Gasteiger partial charge in [-0.05, 0) is 36.5 Å². The van der Waals surface area contributed by atoms with E-state index in [2.05, 4.69) is 38.2 Å². The predicted molar refractivity (Wildman–Crippen MR) is 56.0 cm³/mol. The summed E-state index contributed by atoms with van der Waals surface area (Å²) in [4.78, 5) is 0. The lowest BCUT2D eigenvalue weighted by atomic mass is 9.88. The Hall–Kier alpha value is -0.820. The van der Waals surface area contributed by atoms with Gasteiger partial charge in [-0.25, -0.2) is 0 Å². The fourth-order valence-electron chi connectivity index (χ4n) is 2.24. The molecule has 0 saturated carbocycles. The van der Waals surface area contributed by atoms with E-state index in [0.29, 0.717) is 5.92 Å². The minimum atomic E-state index is 0.669. The average molecular weight is 175 g/mol. The number of aryl methyl sites for hydroxylation is 2. The van der Waals surface area contributed by atoms with Crippen molar-refractivity contribution in [3.05, 3.63) is 34.4 Å². The van der Waals surface area contributed by atoms with Crippen molar-refractivity contribution in [2.75, 3.05) is 6.54 Å². The van der Waals surface area contributed by atoms with E-state index < -0.39 is 0 Å².